The van der Waals surface area contributed by atoms with Crippen molar-refractivity contribution in [2.75, 3.05) is 19.0 Å². The SMILES string of the molecule is CCCOc1c(I)cc(/C=C(\C#N)C(=O)Nc2cccc(Cl)c2C)cc1OC. The summed E-state index contributed by atoms with van der Waals surface area (Å²) in [6, 6.07) is 10.7. The normalized spacial score (nSPS) is 10.9. The van der Waals surface area contributed by atoms with E-state index in [2.05, 4.69) is 27.9 Å². The van der Waals surface area contributed by atoms with Crippen molar-refractivity contribution in [2.24, 2.45) is 0 Å². The largest absolute Gasteiger partial charge is 0.493 e. The molecule has 0 aliphatic carbocycles. The number of hydrogen-bond acceptors (Lipinski definition) is 4. The number of amides is 1. The molecule has 0 aliphatic heterocycles. The first-order valence-corrected chi connectivity index (χ1v) is 10.1. The van der Waals surface area contributed by atoms with Gasteiger partial charge in [-0.3, -0.25) is 4.79 Å². The molecule has 0 atom stereocenters. The molecule has 146 valence electrons. The van der Waals surface area contributed by atoms with Crippen molar-refractivity contribution in [1.29, 1.82) is 5.26 Å². The molecular weight excluding hydrogens is 491 g/mol. The van der Waals surface area contributed by atoms with E-state index in [-0.39, 0.29) is 5.57 Å². The quantitative estimate of drug-likeness (QED) is 0.299. The number of carbonyl (C=O) groups is 1. The molecular formula is C21H20ClIN2O3. The Morgan fingerprint density at radius 2 is 2.14 bits per heavy atom. The third-order valence-corrected chi connectivity index (χ3v) is 5.11. The van der Waals surface area contributed by atoms with Gasteiger partial charge in [-0.2, -0.15) is 5.26 Å². The number of benzene rings is 2. The first-order valence-electron chi connectivity index (χ1n) is 8.59. The molecule has 0 saturated carbocycles. The molecule has 0 saturated heterocycles. The van der Waals surface area contributed by atoms with E-state index in [1.807, 2.05) is 19.1 Å². The molecule has 0 radical (unpaired) electrons. The number of carbonyl (C=O) groups excluding carboxylic acids is 1. The molecule has 28 heavy (non-hydrogen) atoms. The molecule has 0 unspecified atom stereocenters. The summed E-state index contributed by atoms with van der Waals surface area (Å²) in [6.45, 7) is 4.40. The Bertz CT molecular complexity index is 951. The van der Waals surface area contributed by atoms with Crippen molar-refractivity contribution in [3.05, 3.63) is 55.6 Å². The van der Waals surface area contributed by atoms with Crippen LogP contribution in [-0.4, -0.2) is 19.6 Å². The summed E-state index contributed by atoms with van der Waals surface area (Å²) in [4.78, 5) is 12.6. The van der Waals surface area contributed by atoms with Gasteiger partial charge in [0.1, 0.15) is 11.6 Å². The second-order valence-corrected chi connectivity index (χ2v) is 7.49. The molecule has 2 aromatic rings. The first kappa shape index (κ1) is 22.1. The molecule has 5 nitrogen and oxygen atoms in total. The highest BCUT2D eigenvalue weighted by molar-refractivity contribution is 14.1. The molecule has 0 spiro atoms. The minimum absolute atomic E-state index is 0.0283. The number of nitrogens with one attached hydrogen (secondary N) is 1. The van der Waals surface area contributed by atoms with Crippen LogP contribution in [0.5, 0.6) is 11.5 Å². The molecule has 2 aromatic carbocycles. The highest BCUT2D eigenvalue weighted by Crippen LogP contribution is 2.34. The lowest BCUT2D eigenvalue weighted by atomic mass is 10.1. The molecule has 0 heterocycles. The summed E-state index contributed by atoms with van der Waals surface area (Å²) in [5.41, 5.74) is 1.94. The third-order valence-electron chi connectivity index (χ3n) is 3.89. The van der Waals surface area contributed by atoms with Gasteiger partial charge in [-0.1, -0.05) is 24.6 Å². The van der Waals surface area contributed by atoms with Gasteiger partial charge in [0.15, 0.2) is 11.5 Å². The molecule has 7 heteroatoms. The van der Waals surface area contributed by atoms with Crippen LogP contribution < -0.4 is 14.8 Å². The smallest absolute Gasteiger partial charge is 0.266 e. The minimum atomic E-state index is -0.506. The fourth-order valence-corrected chi connectivity index (χ4v) is 3.37. The highest BCUT2D eigenvalue weighted by Gasteiger charge is 2.15. The standard InChI is InChI=1S/C21H20ClIN2O3/c1-4-8-28-20-17(23)10-14(11-19(20)27-3)9-15(12-24)21(26)25-18-7-5-6-16(22)13(18)2/h5-7,9-11H,4,8H2,1-3H3,(H,25,26)/b15-9+. The minimum Gasteiger partial charge on any atom is -0.493 e. The zero-order chi connectivity index (χ0) is 20.7. The number of rotatable bonds is 7. The van der Waals surface area contributed by atoms with E-state index < -0.39 is 5.91 Å². The van der Waals surface area contributed by atoms with Crippen LogP contribution in [0.3, 0.4) is 0 Å². The summed E-state index contributed by atoms with van der Waals surface area (Å²) in [5.74, 6) is 0.697. The molecule has 0 aromatic heterocycles. The number of halogens is 2. The van der Waals surface area contributed by atoms with Gasteiger partial charge in [-0.05, 0) is 77.4 Å². The van der Waals surface area contributed by atoms with Crippen molar-refractivity contribution in [3.63, 3.8) is 0 Å². The van der Waals surface area contributed by atoms with E-state index >= 15 is 0 Å². The highest BCUT2D eigenvalue weighted by atomic mass is 127. The molecule has 2 rings (SSSR count). The van der Waals surface area contributed by atoms with Gasteiger partial charge >= 0.3 is 0 Å². The maximum Gasteiger partial charge on any atom is 0.266 e. The van der Waals surface area contributed by atoms with Crippen LogP contribution in [0.2, 0.25) is 5.02 Å². The predicted octanol–water partition coefficient (Wildman–Crippen LogP) is 5.60. The zero-order valence-corrected chi connectivity index (χ0v) is 18.7. The molecule has 1 N–H and O–H groups in total. The maximum atomic E-state index is 12.6. The van der Waals surface area contributed by atoms with Crippen molar-refractivity contribution < 1.29 is 14.3 Å². The van der Waals surface area contributed by atoms with Crippen LogP contribution in [0.25, 0.3) is 6.08 Å². The summed E-state index contributed by atoms with van der Waals surface area (Å²) in [6.07, 6.45) is 2.39. The van der Waals surface area contributed by atoms with E-state index in [4.69, 9.17) is 21.1 Å². The van der Waals surface area contributed by atoms with E-state index in [1.54, 1.807) is 38.3 Å². The lowest BCUT2D eigenvalue weighted by molar-refractivity contribution is -0.112. The van der Waals surface area contributed by atoms with Crippen molar-refractivity contribution in [3.8, 4) is 17.6 Å². The monoisotopic (exact) mass is 510 g/mol. The van der Waals surface area contributed by atoms with E-state index in [0.717, 1.165) is 15.6 Å². The average Bonchev–Trinajstić information content (AvgIpc) is 2.68. The van der Waals surface area contributed by atoms with Crippen molar-refractivity contribution in [1.82, 2.24) is 0 Å². The predicted molar refractivity (Wildman–Crippen MR) is 120 cm³/mol. The van der Waals surface area contributed by atoms with Gasteiger partial charge in [0, 0.05) is 10.7 Å². The Kier molecular flexibility index (Phi) is 8.15. The summed E-state index contributed by atoms with van der Waals surface area (Å²) in [5, 5.41) is 12.7. The first-order chi connectivity index (χ1) is 13.4. The molecule has 0 bridgehead atoms. The molecule has 1 amide bonds. The third kappa shape index (κ3) is 5.40. The van der Waals surface area contributed by atoms with Gasteiger partial charge in [0.25, 0.3) is 5.91 Å². The van der Waals surface area contributed by atoms with Crippen LogP contribution >= 0.6 is 34.2 Å². The number of hydrogen-bond donors (Lipinski definition) is 1. The summed E-state index contributed by atoms with van der Waals surface area (Å²) < 4.78 is 12.0. The lowest BCUT2D eigenvalue weighted by Gasteiger charge is -2.13. The molecule has 0 aliphatic rings. The number of ether oxygens (including phenoxy) is 2. The maximum absolute atomic E-state index is 12.6. The van der Waals surface area contributed by atoms with Gasteiger partial charge in [-0.15, -0.1) is 0 Å². The van der Waals surface area contributed by atoms with Gasteiger partial charge in [0.05, 0.1) is 17.3 Å². The Morgan fingerprint density at radius 1 is 1.39 bits per heavy atom. The van der Waals surface area contributed by atoms with E-state index in [1.165, 1.54) is 6.08 Å². The number of methoxy groups -OCH3 is 1. The number of anilines is 1. The van der Waals surface area contributed by atoms with Gasteiger partial charge in [-0.25, -0.2) is 0 Å². The zero-order valence-electron chi connectivity index (χ0n) is 15.8. The van der Waals surface area contributed by atoms with Gasteiger partial charge < -0.3 is 14.8 Å². The average molecular weight is 511 g/mol. The summed E-state index contributed by atoms with van der Waals surface area (Å²) in [7, 11) is 1.55. The Balaban J connectivity index is 2.33. The second kappa shape index (κ2) is 10.3. The van der Waals surface area contributed by atoms with E-state index in [0.29, 0.717) is 34.4 Å². The van der Waals surface area contributed by atoms with Crippen LogP contribution in [0.15, 0.2) is 35.9 Å². The van der Waals surface area contributed by atoms with Crippen LogP contribution in [-0.2, 0) is 4.79 Å². The Labute approximate surface area is 183 Å². The van der Waals surface area contributed by atoms with E-state index in [9.17, 15) is 10.1 Å². The number of nitrogens with zero attached hydrogens (tertiary/aromatic N) is 1. The second-order valence-electron chi connectivity index (χ2n) is 5.92. The van der Waals surface area contributed by atoms with Crippen LogP contribution in [0, 0.1) is 21.8 Å². The lowest BCUT2D eigenvalue weighted by Crippen LogP contribution is -2.14. The van der Waals surface area contributed by atoms with Gasteiger partial charge in [0.2, 0.25) is 0 Å². The number of nitriles is 1. The fraction of sp³-hybridized carbons (Fsp3) is 0.238. The van der Waals surface area contributed by atoms with Crippen LogP contribution in [0.4, 0.5) is 5.69 Å². The topological polar surface area (TPSA) is 71.3 Å². The fourth-order valence-electron chi connectivity index (χ4n) is 2.42. The van der Waals surface area contributed by atoms with Crippen LogP contribution in [0.1, 0.15) is 24.5 Å². The molecule has 0 fully saturated rings. The Hall–Kier alpha value is -2.24. The van der Waals surface area contributed by atoms with Crippen molar-refractivity contribution >= 4 is 51.9 Å². The summed E-state index contributed by atoms with van der Waals surface area (Å²) >= 11 is 8.23. The van der Waals surface area contributed by atoms with Crippen molar-refractivity contribution in [2.45, 2.75) is 20.3 Å². The Morgan fingerprint density at radius 3 is 2.79 bits per heavy atom.